The van der Waals surface area contributed by atoms with Crippen molar-refractivity contribution in [3.63, 3.8) is 0 Å². The van der Waals surface area contributed by atoms with Gasteiger partial charge in [0.05, 0.1) is 41.0 Å². The molecule has 1 fully saturated rings. The molecule has 38 heavy (non-hydrogen) atoms. The fourth-order valence-electron chi connectivity index (χ4n) is 4.72. The number of halogens is 3. The van der Waals surface area contributed by atoms with E-state index in [1.54, 1.807) is 12.4 Å². The molecule has 1 amide bonds. The van der Waals surface area contributed by atoms with Gasteiger partial charge >= 0.3 is 6.09 Å². The van der Waals surface area contributed by atoms with Gasteiger partial charge in [0.15, 0.2) is 0 Å². The second-order valence-electron chi connectivity index (χ2n) is 10.1. The summed E-state index contributed by atoms with van der Waals surface area (Å²) in [6.45, 7) is 6.14. The van der Waals surface area contributed by atoms with E-state index in [9.17, 15) is 23.1 Å². The highest BCUT2D eigenvalue weighted by molar-refractivity contribution is 5.70. The van der Waals surface area contributed by atoms with Gasteiger partial charge in [-0.3, -0.25) is 4.98 Å². The van der Waals surface area contributed by atoms with Crippen LogP contribution in [0.2, 0.25) is 0 Å². The highest BCUT2D eigenvalue weighted by Gasteiger charge is 2.28. The number of pyridine rings is 2. The number of benzene rings is 1. The fourth-order valence-corrected chi connectivity index (χ4v) is 4.72. The molecule has 1 aliphatic heterocycles. The van der Waals surface area contributed by atoms with Crippen LogP contribution >= 0.6 is 0 Å². The van der Waals surface area contributed by atoms with E-state index in [-0.39, 0.29) is 24.1 Å². The van der Waals surface area contributed by atoms with Crippen LogP contribution in [-0.2, 0) is 12.1 Å². The number of rotatable bonds is 7. The minimum atomic E-state index is -1.48. The molecule has 11 heteroatoms. The number of piperidine rings is 1. The van der Waals surface area contributed by atoms with Crippen LogP contribution in [0.3, 0.4) is 0 Å². The zero-order chi connectivity index (χ0) is 27.6. The molecule has 3 aromatic rings. The number of amides is 1. The average molecular weight is 530 g/mol. The monoisotopic (exact) mass is 529 g/mol. The van der Waals surface area contributed by atoms with E-state index in [0.29, 0.717) is 24.5 Å². The second-order valence-corrected chi connectivity index (χ2v) is 10.1. The van der Waals surface area contributed by atoms with E-state index in [1.807, 2.05) is 13.0 Å². The summed E-state index contributed by atoms with van der Waals surface area (Å²) in [5, 5.41) is 25.0. The molecule has 1 aromatic carbocycles. The van der Waals surface area contributed by atoms with Crippen LogP contribution in [0.5, 0.6) is 0 Å². The number of hydrogen-bond donors (Lipinski definition) is 4. The average Bonchev–Trinajstić information content (AvgIpc) is 2.82. The number of aromatic nitrogens is 2. The number of hydrogen-bond acceptors (Lipinski definition) is 6. The largest absolute Gasteiger partial charge is 0.465 e. The number of aliphatic hydroxyl groups is 1. The Morgan fingerprint density at radius 2 is 1.84 bits per heavy atom. The van der Waals surface area contributed by atoms with Crippen LogP contribution in [-0.4, -0.2) is 45.4 Å². The molecule has 1 saturated heterocycles. The molecule has 4 N–H and O–H groups in total. The van der Waals surface area contributed by atoms with Crippen molar-refractivity contribution in [2.45, 2.75) is 45.4 Å². The molecule has 8 nitrogen and oxygen atoms in total. The van der Waals surface area contributed by atoms with Crippen LogP contribution in [0.1, 0.15) is 38.4 Å². The minimum absolute atomic E-state index is 0.0198. The van der Waals surface area contributed by atoms with Crippen molar-refractivity contribution in [2.75, 3.05) is 23.3 Å². The summed E-state index contributed by atoms with van der Waals surface area (Å²) in [4.78, 5) is 21.6. The van der Waals surface area contributed by atoms with E-state index >= 15 is 0 Å². The van der Waals surface area contributed by atoms with E-state index < -0.39 is 40.4 Å². The Bertz CT molecular complexity index is 1310. The molecular weight excluding hydrogens is 499 g/mol. The van der Waals surface area contributed by atoms with Crippen molar-refractivity contribution >= 4 is 17.5 Å². The molecule has 4 rings (SSSR count). The highest BCUT2D eigenvalue weighted by Crippen LogP contribution is 2.32. The molecule has 2 aromatic heterocycles. The van der Waals surface area contributed by atoms with Gasteiger partial charge in [0.2, 0.25) is 0 Å². The van der Waals surface area contributed by atoms with Crippen LogP contribution in [0, 0.1) is 23.4 Å². The van der Waals surface area contributed by atoms with Gasteiger partial charge in [-0.25, -0.2) is 22.9 Å². The summed E-state index contributed by atoms with van der Waals surface area (Å²) in [7, 11) is 0. The molecule has 1 aliphatic rings. The van der Waals surface area contributed by atoms with Crippen LogP contribution < -0.4 is 15.5 Å². The number of nitrogens with zero attached hydrogens (tertiary/aromatic N) is 3. The molecule has 2 atom stereocenters. The Balaban J connectivity index is 1.57. The van der Waals surface area contributed by atoms with Gasteiger partial charge in [-0.15, -0.1) is 0 Å². The van der Waals surface area contributed by atoms with Gasteiger partial charge in [-0.05, 0) is 62.1 Å². The van der Waals surface area contributed by atoms with Gasteiger partial charge in [-0.1, -0.05) is 6.92 Å². The van der Waals surface area contributed by atoms with Crippen molar-refractivity contribution < 1.29 is 28.2 Å². The normalized spacial score (nSPS) is 17.8. The first kappa shape index (κ1) is 27.2. The number of nitrogens with one attached hydrogen (secondary N) is 2. The predicted octanol–water partition coefficient (Wildman–Crippen LogP) is 4.88. The van der Waals surface area contributed by atoms with Gasteiger partial charge in [0, 0.05) is 25.3 Å². The summed E-state index contributed by atoms with van der Waals surface area (Å²) in [6.07, 6.45) is 2.91. The molecule has 3 heterocycles. The molecular formula is C27H30F3N5O3. The number of anilines is 2. The maximum atomic E-state index is 14.9. The lowest BCUT2D eigenvalue weighted by molar-refractivity contribution is 0.0779. The maximum absolute atomic E-state index is 14.9. The molecule has 0 bridgehead atoms. The van der Waals surface area contributed by atoms with Crippen molar-refractivity contribution in [1.29, 1.82) is 0 Å². The lowest BCUT2D eigenvalue weighted by atomic mass is 9.95. The fraction of sp³-hybridized carbons (Fsp3) is 0.370. The third kappa shape index (κ3) is 6.16. The van der Waals surface area contributed by atoms with Crippen LogP contribution in [0.4, 0.5) is 29.3 Å². The van der Waals surface area contributed by atoms with Crippen molar-refractivity contribution in [3.8, 4) is 11.3 Å². The van der Waals surface area contributed by atoms with Crippen LogP contribution in [0.15, 0.2) is 42.7 Å². The zero-order valence-electron chi connectivity index (χ0n) is 21.3. The van der Waals surface area contributed by atoms with E-state index in [4.69, 9.17) is 5.11 Å². The Kier molecular flexibility index (Phi) is 7.77. The summed E-state index contributed by atoms with van der Waals surface area (Å²) in [5.41, 5.74) is -0.750. The van der Waals surface area contributed by atoms with Crippen LogP contribution in [0.25, 0.3) is 11.3 Å². The van der Waals surface area contributed by atoms with Gasteiger partial charge in [-0.2, -0.15) is 0 Å². The minimum Gasteiger partial charge on any atom is -0.465 e. The molecule has 0 saturated carbocycles. The first-order valence-corrected chi connectivity index (χ1v) is 12.2. The summed E-state index contributed by atoms with van der Waals surface area (Å²) in [5.74, 6) is -2.70. The quantitative estimate of drug-likeness (QED) is 0.345. The zero-order valence-corrected chi connectivity index (χ0v) is 21.3. The van der Waals surface area contributed by atoms with Crippen molar-refractivity contribution in [2.24, 2.45) is 5.92 Å². The molecule has 0 spiro atoms. The lowest BCUT2D eigenvalue weighted by Crippen LogP contribution is -2.50. The SMILES string of the molecule is C[C@@H]1C[C@H](NC(=O)O)CN(c2ccncc2NCc2ccc(F)c(-c3c(F)cc(C(C)(C)O)cc3F)n2)C1. The third-order valence-corrected chi connectivity index (χ3v) is 6.48. The maximum Gasteiger partial charge on any atom is 0.404 e. The highest BCUT2D eigenvalue weighted by atomic mass is 19.1. The Hall–Kier alpha value is -3.86. The Morgan fingerprint density at radius 1 is 1.13 bits per heavy atom. The predicted molar refractivity (Wildman–Crippen MR) is 137 cm³/mol. The summed E-state index contributed by atoms with van der Waals surface area (Å²) in [6, 6.07) is 6.04. The topological polar surface area (TPSA) is 111 Å². The smallest absolute Gasteiger partial charge is 0.404 e. The standard InChI is InChI=1S/C27H30F3N5O3/c1-15-8-18(34-26(36)37)14-35(13-15)23-6-7-31-12-22(23)32-11-17-4-5-19(28)25(33-17)24-20(29)9-16(10-21(24)30)27(2,3)38/h4-7,9-10,12,15,18,32,34,38H,8,11,13-14H2,1-3H3,(H,36,37)/t15-,18+/m1/s1. The molecule has 0 radical (unpaired) electrons. The summed E-state index contributed by atoms with van der Waals surface area (Å²) >= 11 is 0. The first-order valence-electron chi connectivity index (χ1n) is 12.2. The van der Waals surface area contributed by atoms with Crippen molar-refractivity contribution in [1.82, 2.24) is 15.3 Å². The third-order valence-electron chi connectivity index (χ3n) is 6.48. The van der Waals surface area contributed by atoms with E-state index in [0.717, 1.165) is 30.3 Å². The lowest BCUT2D eigenvalue weighted by Gasteiger charge is -2.38. The molecule has 0 unspecified atom stereocenters. The summed E-state index contributed by atoms with van der Waals surface area (Å²) < 4.78 is 44.4. The number of carbonyl (C=O) groups is 1. The van der Waals surface area contributed by atoms with Gasteiger partial charge < -0.3 is 25.7 Å². The van der Waals surface area contributed by atoms with Gasteiger partial charge in [0.1, 0.15) is 23.1 Å². The number of carboxylic acid groups (broad SMARTS) is 1. The van der Waals surface area contributed by atoms with E-state index in [2.05, 4.69) is 25.5 Å². The Morgan fingerprint density at radius 3 is 2.50 bits per heavy atom. The van der Waals surface area contributed by atoms with E-state index in [1.165, 1.54) is 19.9 Å². The Labute approximate surface area is 218 Å². The van der Waals surface area contributed by atoms with Crippen molar-refractivity contribution in [3.05, 3.63) is 71.4 Å². The second kappa shape index (κ2) is 10.9. The molecule has 202 valence electrons. The molecule has 0 aliphatic carbocycles. The van der Waals surface area contributed by atoms with Gasteiger partial charge in [0.25, 0.3) is 0 Å². The first-order chi connectivity index (χ1) is 17.9.